The Morgan fingerprint density at radius 2 is 1.79 bits per heavy atom. The van der Waals surface area contributed by atoms with Crippen molar-refractivity contribution in [2.45, 2.75) is 20.0 Å². The Labute approximate surface area is 81.3 Å². The summed E-state index contributed by atoms with van der Waals surface area (Å²) in [6.07, 6.45) is 4.99. The van der Waals surface area contributed by atoms with Crippen LogP contribution in [0.1, 0.15) is 13.8 Å². The van der Waals surface area contributed by atoms with Crippen molar-refractivity contribution in [3.05, 3.63) is 12.4 Å². The zero-order valence-corrected chi connectivity index (χ0v) is 8.48. The van der Waals surface area contributed by atoms with Crippen LogP contribution in [-0.2, 0) is 0 Å². The van der Waals surface area contributed by atoms with Crippen molar-refractivity contribution in [3.8, 4) is 0 Å². The van der Waals surface area contributed by atoms with Crippen LogP contribution in [0.5, 0.6) is 0 Å². The molecule has 2 unspecified atom stereocenters. The van der Waals surface area contributed by atoms with Gasteiger partial charge in [0.1, 0.15) is 6.20 Å². The largest absolute Gasteiger partial charge is 0.673 e. The molecule has 1 aliphatic heterocycles. The molecule has 0 saturated carbocycles. The minimum atomic E-state index is -6.00. The van der Waals surface area contributed by atoms with E-state index in [1.54, 1.807) is 0 Å². The fourth-order valence-electron chi connectivity index (χ4n) is 1.12. The van der Waals surface area contributed by atoms with E-state index < -0.39 is 7.25 Å². The molecule has 2 atom stereocenters. The van der Waals surface area contributed by atoms with Gasteiger partial charge in [0.2, 0.25) is 0 Å². The van der Waals surface area contributed by atoms with Crippen LogP contribution < -0.4 is 4.90 Å². The third-order valence-electron chi connectivity index (χ3n) is 2.05. The highest BCUT2D eigenvalue weighted by molar-refractivity contribution is 6.50. The number of hydrogen-bond donors (Lipinski definition) is 1. The van der Waals surface area contributed by atoms with Gasteiger partial charge in [-0.25, -0.2) is 0 Å². The summed E-state index contributed by atoms with van der Waals surface area (Å²) in [6.45, 7) is 5.54. The minimum absolute atomic E-state index is 0.634. The summed E-state index contributed by atoms with van der Waals surface area (Å²) < 4.78 is 39.0. The summed E-state index contributed by atoms with van der Waals surface area (Å²) in [4.78, 5) is 3.80. The van der Waals surface area contributed by atoms with E-state index in [4.69, 9.17) is 0 Å². The number of nitrogens with zero attached hydrogens (tertiary/aromatic N) is 1. The van der Waals surface area contributed by atoms with E-state index in [2.05, 4.69) is 38.2 Å². The molecule has 2 nitrogen and oxygen atoms in total. The predicted molar refractivity (Wildman–Crippen MR) is 48.1 cm³/mol. The van der Waals surface area contributed by atoms with Crippen LogP contribution >= 0.6 is 0 Å². The first-order chi connectivity index (χ1) is 6.25. The molecule has 0 fully saturated rings. The summed E-state index contributed by atoms with van der Waals surface area (Å²) in [7, 11) is -3.82. The molecule has 1 N–H and O–H groups in total. The summed E-state index contributed by atoms with van der Waals surface area (Å²) in [6, 6.07) is 0. The van der Waals surface area contributed by atoms with E-state index in [0.717, 1.165) is 6.54 Å². The third-order valence-corrected chi connectivity index (χ3v) is 2.05. The average Bonchev–Trinajstić information content (AvgIpc) is 2.30. The number of nitrogens with one attached hydrogen (secondary N) is 1. The Bertz CT molecular complexity index is 189. The Balaban J connectivity index is 0.000000292. The van der Waals surface area contributed by atoms with Crippen LogP contribution in [0, 0.1) is 0 Å². The molecule has 84 valence electrons. The lowest BCUT2D eigenvalue weighted by Crippen LogP contribution is -3.07. The maximum Gasteiger partial charge on any atom is 0.673 e. The van der Waals surface area contributed by atoms with Gasteiger partial charge in [0, 0.05) is 13.5 Å². The maximum absolute atomic E-state index is 9.75. The highest BCUT2D eigenvalue weighted by Gasteiger charge is 2.21. The number of rotatable bonds is 1. The monoisotopic (exact) mass is 214 g/mol. The molecule has 0 amide bonds. The highest BCUT2D eigenvalue weighted by atomic mass is 19.5. The zero-order chi connectivity index (χ0) is 11.4. The van der Waals surface area contributed by atoms with Crippen LogP contribution in [0.3, 0.4) is 0 Å². The van der Waals surface area contributed by atoms with Crippen molar-refractivity contribution in [2.24, 2.45) is 0 Å². The van der Waals surface area contributed by atoms with Crippen LogP contribution in [-0.4, -0.2) is 31.9 Å². The van der Waals surface area contributed by atoms with Gasteiger partial charge < -0.3 is 22.2 Å². The molecule has 0 bridgehead atoms. The summed E-state index contributed by atoms with van der Waals surface area (Å²) >= 11 is 0. The van der Waals surface area contributed by atoms with Gasteiger partial charge in [-0.15, -0.1) is 0 Å². The predicted octanol–water partition coefficient (Wildman–Crippen LogP) is 0.954. The van der Waals surface area contributed by atoms with Crippen LogP contribution in [0.4, 0.5) is 17.3 Å². The number of hydrogen-bond acceptors (Lipinski definition) is 1. The quantitative estimate of drug-likeness (QED) is 0.504. The van der Waals surface area contributed by atoms with Gasteiger partial charge in [-0.05, 0) is 6.92 Å². The number of halogens is 4. The molecule has 0 radical (unpaired) electrons. The molecule has 14 heavy (non-hydrogen) atoms. The maximum atomic E-state index is 9.75. The zero-order valence-electron chi connectivity index (χ0n) is 8.48. The van der Waals surface area contributed by atoms with Crippen molar-refractivity contribution in [2.75, 3.05) is 13.6 Å². The summed E-state index contributed by atoms with van der Waals surface area (Å²) in [5.74, 6) is 0. The van der Waals surface area contributed by atoms with Gasteiger partial charge >= 0.3 is 7.25 Å². The van der Waals surface area contributed by atoms with E-state index in [9.17, 15) is 17.3 Å². The normalized spacial score (nSPS) is 26.1. The lowest BCUT2D eigenvalue weighted by molar-refractivity contribution is -0.854. The van der Waals surface area contributed by atoms with Crippen LogP contribution in [0.25, 0.3) is 0 Å². The Kier molecular flexibility index (Phi) is 4.97. The van der Waals surface area contributed by atoms with Gasteiger partial charge in [-0.3, -0.25) is 4.90 Å². The van der Waals surface area contributed by atoms with Gasteiger partial charge in [0.15, 0.2) is 6.17 Å². The molecular formula is C7H15BF4N2. The first-order valence-electron chi connectivity index (χ1n) is 4.40. The van der Waals surface area contributed by atoms with Crippen LogP contribution in [0.15, 0.2) is 12.4 Å². The molecule has 0 aromatic carbocycles. The Morgan fingerprint density at radius 1 is 1.36 bits per heavy atom. The van der Waals surface area contributed by atoms with Gasteiger partial charge in [0.25, 0.3) is 0 Å². The standard InChI is InChI=1S/C7H14N2.BF4/c1-4-9-6-5-8(3)7(9)2;2-1(3,4)5/h5-7H,4H2,1-3H3;/q;-1/p+1. The van der Waals surface area contributed by atoms with Gasteiger partial charge in [-0.2, -0.15) is 0 Å². The molecule has 0 saturated heterocycles. The molecule has 1 heterocycles. The second-order valence-electron chi connectivity index (χ2n) is 3.06. The molecule has 1 aliphatic rings. The first-order valence-corrected chi connectivity index (χ1v) is 4.40. The molecule has 0 aliphatic carbocycles. The van der Waals surface area contributed by atoms with Crippen molar-refractivity contribution < 1.29 is 22.2 Å². The Morgan fingerprint density at radius 3 is 1.93 bits per heavy atom. The molecule has 7 heteroatoms. The second kappa shape index (κ2) is 5.24. The molecule has 0 aromatic heterocycles. The first kappa shape index (κ1) is 13.3. The minimum Gasteiger partial charge on any atom is -0.418 e. The van der Waals surface area contributed by atoms with Crippen molar-refractivity contribution >= 4 is 7.25 Å². The fraction of sp³-hybridized carbons (Fsp3) is 0.714. The third kappa shape index (κ3) is 5.85. The van der Waals surface area contributed by atoms with E-state index in [-0.39, 0.29) is 0 Å². The fourth-order valence-corrected chi connectivity index (χ4v) is 1.12. The second-order valence-corrected chi connectivity index (χ2v) is 3.06. The highest BCUT2D eigenvalue weighted by Crippen LogP contribution is 2.06. The topological polar surface area (TPSA) is 7.68 Å². The van der Waals surface area contributed by atoms with Crippen molar-refractivity contribution in [1.82, 2.24) is 4.90 Å². The van der Waals surface area contributed by atoms with E-state index in [1.165, 1.54) is 4.90 Å². The van der Waals surface area contributed by atoms with Gasteiger partial charge in [0.05, 0.1) is 13.2 Å². The molecule has 1 rings (SSSR count). The molecule has 0 aromatic rings. The van der Waals surface area contributed by atoms with Crippen LogP contribution in [0.2, 0.25) is 0 Å². The van der Waals surface area contributed by atoms with Crippen molar-refractivity contribution in [1.29, 1.82) is 0 Å². The summed E-state index contributed by atoms with van der Waals surface area (Å²) in [5.41, 5.74) is 0. The van der Waals surface area contributed by atoms with Crippen molar-refractivity contribution in [3.63, 3.8) is 0 Å². The van der Waals surface area contributed by atoms with E-state index >= 15 is 0 Å². The van der Waals surface area contributed by atoms with E-state index in [1.807, 2.05) is 0 Å². The van der Waals surface area contributed by atoms with Gasteiger partial charge in [-0.1, -0.05) is 0 Å². The SMILES string of the molecule is CCN1C=C[NH+](C)C1C.F[B-](F)(F)F. The lowest BCUT2D eigenvalue weighted by atomic mass is 10.3. The molecule has 0 spiro atoms. The molecular weight excluding hydrogens is 199 g/mol. The smallest absolute Gasteiger partial charge is 0.418 e. The lowest BCUT2D eigenvalue weighted by Gasteiger charge is -2.20. The number of quaternary nitrogens is 1. The average molecular weight is 214 g/mol. The Hall–Kier alpha value is -0.715. The summed E-state index contributed by atoms with van der Waals surface area (Å²) in [5, 5.41) is 0. The van der Waals surface area contributed by atoms with E-state index in [0.29, 0.717) is 6.17 Å².